The number of hydrazone groups is 1. The fourth-order valence-corrected chi connectivity index (χ4v) is 2.69. The molecule has 1 amide bonds. The van der Waals surface area contributed by atoms with Gasteiger partial charge in [0.2, 0.25) is 0 Å². The molecule has 0 fully saturated rings. The molecule has 0 bridgehead atoms. The van der Waals surface area contributed by atoms with Gasteiger partial charge in [-0.15, -0.1) is 0 Å². The zero-order valence-corrected chi connectivity index (χ0v) is 15.1. The monoisotopic (exact) mass is 368 g/mol. The standard InChI is InChI=1S/C20H17ClN2O3/c1-25-16-9-5-13-6-10-19(26-2)18(17(13)11-16)12-22-23-20(24)14-3-7-15(21)8-4-14/h3-12H,1-2H3,(H,23,24)/b22-12+. The average Bonchev–Trinajstić information content (AvgIpc) is 2.68. The van der Waals surface area contributed by atoms with Gasteiger partial charge in [-0.2, -0.15) is 5.10 Å². The molecule has 0 radical (unpaired) electrons. The number of fused-ring (bicyclic) bond motifs is 1. The van der Waals surface area contributed by atoms with Crippen molar-refractivity contribution >= 4 is 34.5 Å². The third-order valence-corrected chi connectivity index (χ3v) is 4.17. The van der Waals surface area contributed by atoms with Crippen LogP contribution in [0.25, 0.3) is 10.8 Å². The Morgan fingerprint density at radius 2 is 1.77 bits per heavy atom. The van der Waals surface area contributed by atoms with Gasteiger partial charge in [-0.25, -0.2) is 5.43 Å². The molecule has 3 rings (SSSR count). The van der Waals surface area contributed by atoms with Gasteiger partial charge in [-0.05, 0) is 53.2 Å². The number of rotatable bonds is 5. The lowest BCUT2D eigenvalue weighted by Gasteiger charge is -2.10. The van der Waals surface area contributed by atoms with Crippen LogP contribution in [0.2, 0.25) is 5.02 Å². The van der Waals surface area contributed by atoms with Crippen molar-refractivity contribution in [3.63, 3.8) is 0 Å². The molecular formula is C20H17ClN2O3. The predicted octanol–water partition coefficient (Wildman–Crippen LogP) is 4.27. The second kappa shape index (κ2) is 7.89. The van der Waals surface area contributed by atoms with Gasteiger partial charge in [-0.1, -0.05) is 23.7 Å². The maximum atomic E-state index is 12.1. The fraction of sp³-hybridized carbons (Fsp3) is 0.100. The smallest absolute Gasteiger partial charge is 0.271 e. The molecule has 0 atom stereocenters. The Bertz CT molecular complexity index is 963. The predicted molar refractivity (Wildman–Crippen MR) is 104 cm³/mol. The Kier molecular flexibility index (Phi) is 5.39. The van der Waals surface area contributed by atoms with E-state index in [1.807, 2.05) is 30.3 Å². The Morgan fingerprint density at radius 1 is 1.04 bits per heavy atom. The SMILES string of the molecule is COc1ccc2ccc(OC)c(/C=N/NC(=O)c3ccc(Cl)cc3)c2c1. The zero-order valence-electron chi connectivity index (χ0n) is 14.3. The largest absolute Gasteiger partial charge is 0.497 e. The van der Waals surface area contributed by atoms with Crippen LogP contribution in [-0.2, 0) is 0 Å². The fourth-order valence-electron chi connectivity index (χ4n) is 2.56. The van der Waals surface area contributed by atoms with Gasteiger partial charge < -0.3 is 9.47 Å². The van der Waals surface area contributed by atoms with Crippen LogP contribution in [0.5, 0.6) is 11.5 Å². The molecule has 0 saturated carbocycles. The summed E-state index contributed by atoms with van der Waals surface area (Å²) in [6, 6.07) is 16.1. The van der Waals surface area contributed by atoms with Gasteiger partial charge in [0.05, 0.1) is 20.4 Å². The van der Waals surface area contributed by atoms with Crippen molar-refractivity contribution < 1.29 is 14.3 Å². The minimum absolute atomic E-state index is 0.324. The van der Waals surface area contributed by atoms with E-state index >= 15 is 0 Å². The highest BCUT2D eigenvalue weighted by molar-refractivity contribution is 6.30. The lowest BCUT2D eigenvalue weighted by molar-refractivity contribution is 0.0955. The Hall–Kier alpha value is -3.05. The molecule has 3 aromatic carbocycles. The van der Waals surface area contributed by atoms with Crippen molar-refractivity contribution in [3.05, 3.63) is 70.7 Å². The number of carbonyl (C=O) groups excluding carboxylic acids is 1. The number of nitrogens with one attached hydrogen (secondary N) is 1. The molecule has 0 aliphatic carbocycles. The number of nitrogens with zero attached hydrogens (tertiary/aromatic N) is 1. The lowest BCUT2D eigenvalue weighted by atomic mass is 10.0. The van der Waals surface area contributed by atoms with E-state index in [0.717, 1.165) is 22.1 Å². The summed E-state index contributed by atoms with van der Waals surface area (Å²) in [5, 5.41) is 6.57. The van der Waals surface area contributed by atoms with E-state index in [0.29, 0.717) is 16.3 Å². The molecule has 5 nitrogen and oxygen atoms in total. The van der Waals surface area contributed by atoms with Crippen LogP contribution in [0.3, 0.4) is 0 Å². The maximum absolute atomic E-state index is 12.1. The van der Waals surface area contributed by atoms with Gasteiger partial charge in [0, 0.05) is 16.1 Å². The zero-order chi connectivity index (χ0) is 18.5. The van der Waals surface area contributed by atoms with E-state index in [1.165, 1.54) is 0 Å². The number of halogens is 1. The molecule has 0 unspecified atom stereocenters. The van der Waals surface area contributed by atoms with Crippen LogP contribution >= 0.6 is 11.6 Å². The second-order valence-electron chi connectivity index (χ2n) is 5.47. The highest BCUT2D eigenvalue weighted by atomic mass is 35.5. The molecule has 0 aromatic heterocycles. The number of carbonyl (C=O) groups is 1. The summed E-state index contributed by atoms with van der Waals surface area (Å²) in [5.41, 5.74) is 3.73. The Balaban J connectivity index is 1.90. The van der Waals surface area contributed by atoms with Crippen molar-refractivity contribution in [1.29, 1.82) is 0 Å². The minimum Gasteiger partial charge on any atom is -0.497 e. The third-order valence-electron chi connectivity index (χ3n) is 3.92. The van der Waals surface area contributed by atoms with Crippen LogP contribution in [0.15, 0.2) is 59.7 Å². The maximum Gasteiger partial charge on any atom is 0.271 e. The van der Waals surface area contributed by atoms with E-state index in [2.05, 4.69) is 10.5 Å². The normalized spacial score (nSPS) is 10.9. The molecule has 0 saturated heterocycles. The molecule has 132 valence electrons. The molecule has 6 heteroatoms. The topological polar surface area (TPSA) is 59.9 Å². The van der Waals surface area contributed by atoms with Gasteiger partial charge in [-0.3, -0.25) is 4.79 Å². The molecule has 0 spiro atoms. The highest BCUT2D eigenvalue weighted by Crippen LogP contribution is 2.29. The van der Waals surface area contributed by atoms with E-state index in [9.17, 15) is 4.79 Å². The molecule has 26 heavy (non-hydrogen) atoms. The first-order valence-corrected chi connectivity index (χ1v) is 8.24. The number of benzene rings is 3. The molecule has 0 heterocycles. The number of hydrogen-bond acceptors (Lipinski definition) is 4. The molecule has 1 N–H and O–H groups in total. The van der Waals surface area contributed by atoms with Crippen LogP contribution in [-0.4, -0.2) is 26.3 Å². The Labute approximate surface area is 156 Å². The molecule has 3 aromatic rings. The number of amides is 1. The summed E-state index contributed by atoms with van der Waals surface area (Å²) in [7, 11) is 3.20. The first kappa shape index (κ1) is 17.8. The number of methoxy groups -OCH3 is 2. The summed E-state index contributed by atoms with van der Waals surface area (Å²) >= 11 is 5.83. The second-order valence-corrected chi connectivity index (χ2v) is 5.91. The molecule has 0 aliphatic heterocycles. The first-order valence-electron chi connectivity index (χ1n) is 7.86. The summed E-state index contributed by atoms with van der Waals surface area (Å²) in [4.78, 5) is 12.1. The summed E-state index contributed by atoms with van der Waals surface area (Å²) in [6.07, 6.45) is 1.56. The van der Waals surface area contributed by atoms with Gasteiger partial charge >= 0.3 is 0 Å². The van der Waals surface area contributed by atoms with Crippen molar-refractivity contribution in [1.82, 2.24) is 5.43 Å². The summed E-state index contributed by atoms with van der Waals surface area (Å²) < 4.78 is 10.7. The molecule has 0 aliphatic rings. The van der Waals surface area contributed by atoms with Crippen molar-refractivity contribution in [2.75, 3.05) is 14.2 Å². The van der Waals surface area contributed by atoms with E-state index in [1.54, 1.807) is 44.7 Å². The van der Waals surface area contributed by atoms with Gasteiger partial charge in [0.1, 0.15) is 11.5 Å². The van der Waals surface area contributed by atoms with Crippen LogP contribution in [0.1, 0.15) is 15.9 Å². The first-order chi connectivity index (χ1) is 12.6. The third kappa shape index (κ3) is 3.78. The number of hydrogen-bond donors (Lipinski definition) is 1. The van der Waals surface area contributed by atoms with Gasteiger partial charge in [0.25, 0.3) is 5.91 Å². The van der Waals surface area contributed by atoms with E-state index in [4.69, 9.17) is 21.1 Å². The lowest BCUT2D eigenvalue weighted by Crippen LogP contribution is -2.17. The van der Waals surface area contributed by atoms with Crippen LogP contribution < -0.4 is 14.9 Å². The van der Waals surface area contributed by atoms with E-state index in [-0.39, 0.29) is 5.91 Å². The van der Waals surface area contributed by atoms with Crippen molar-refractivity contribution in [2.24, 2.45) is 5.10 Å². The van der Waals surface area contributed by atoms with Crippen LogP contribution in [0, 0.1) is 0 Å². The summed E-state index contributed by atoms with van der Waals surface area (Å²) in [5.74, 6) is 1.05. The minimum atomic E-state index is -0.324. The Morgan fingerprint density at radius 3 is 2.46 bits per heavy atom. The average molecular weight is 369 g/mol. The molecular weight excluding hydrogens is 352 g/mol. The van der Waals surface area contributed by atoms with Crippen LogP contribution in [0.4, 0.5) is 0 Å². The quantitative estimate of drug-likeness (QED) is 0.540. The van der Waals surface area contributed by atoms with E-state index < -0.39 is 0 Å². The van der Waals surface area contributed by atoms with Gasteiger partial charge in [0.15, 0.2) is 0 Å². The summed E-state index contributed by atoms with van der Waals surface area (Å²) in [6.45, 7) is 0. The van der Waals surface area contributed by atoms with Crippen molar-refractivity contribution in [3.8, 4) is 11.5 Å². The highest BCUT2D eigenvalue weighted by Gasteiger charge is 2.09. The van der Waals surface area contributed by atoms with Crippen molar-refractivity contribution in [2.45, 2.75) is 0 Å². The number of ether oxygens (including phenoxy) is 2.